The maximum Gasteiger partial charge on any atom is 0.246 e. The number of amides is 2. The summed E-state index contributed by atoms with van der Waals surface area (Å²) in [6.07, 6.45) is 0.413. The molecule has 0 aliphatic carbocycles. The van der Waals surface area contributed by atoms with E-state index in [1.165, 1.54) is 0 Å². The fourth-order valence-electron chi connectivity index (χ4n) is 2.11. The molecule has 2 amide bonds. The number of nitrogens with one attached hydrogen (secondary N) is 3. The summed E-state index contributed by atoms with van der Waals surface area (Å²) in [4.78, 5) is 23.9. The number of benzene rings is 1. The first-order valence-electron chi connectivity index (χ1n) is 7.11. The lowest BCUT2D eigenvalue weighted by molar-refractivity contribution is -0.126. The van der Waals surface area contributed by atoms with Crippen LogP contribution in [0.4, 0.5) is 5.69 Å². The Kier molecular flexibility index (Phi) is 8.30. The highest BCUT2D eigenvalue weighted by molar-refractivity contribution is 7.99. The van der Waals surface area contributed by atoms with Crippen molar-refractivity contribution in [2.75, 3.05) is 23.4 Å². The first-order chi connectivity index (χ1) is 10.1. The fourth-order valence-corrected chi connectivity index (χ4v) is 3.06. The standard InChI is InChI=1S/C15H21N3O2S.ClH/c1-11(15(20)18-12-5-3-2-4-6-12)17-14(19)9-13-10-21-8-7-16-13;/h2-6,11,13,16H,7-10H2,1H3,(H,17,19)(H,18,20);1H. The highest BCUT2D eigenvalue weighted by atomic mass is 35.5. The Morgan fingerprint density at radius 1 is 1.36 bits per heavy atom. The van der Waals surface area contributed by atoms with Crippen LogP contribution in [0.25, 0.3) is 0 Å². The normalized spacial score (nSPS) is 18.7. The minimum atomic E-state index is -0.547. The van der Waals surface area contributed by atoms with Crippen LogP contribution in [0.2, 0.25) is 0 Å². The Labute approximate surface area is 141 Å². The molecule has 5 nitrogen and oxygen atoms in total. The molecule has 0 spiro atoms. The van der Waals surface area contributed by atoms with Gasteiger partial charge in [0.05, 0.1) is 0 Å². The maximum absolute atomic E-state index is 12.0. The molecule has 1 aromatic rings. The lowest BCUT2D eigenvalue weighted by Crippen LogP contribution is -2.46. The summed E-state index contributed by atoms with van der Waals surface area (Å²) in [5, 5.41) is 8.83. The van der Waals surface area contributed by atoms with E-state index in [-0.39, 0.29) is 30.3 Å². The van der Waals surface area contributed by atoms with Gasteiger partial charge in [-0.2, -0.15) is 11.8 Å². The average Bonchev–Trinajstić information content (AvgIpc) is 2.49. The van der Waals surface area contributed by atoms with Gasteiger partial charge in [-0.3, -0.25) is 9.59 Å². The lowest BCUT2D eigenvalue weighted by Gasteiger charge is -2.23. The van der Waals surface area contributed by atoms with Gasteiger partial charge in [0.2, 0.25) is 11.8 Å². The van der Waals surface area contributed by atoms with E-state index in [2.05, 4.69) is 16.0 Å². The third-order valence-electron chi connectivity index (χ3n) is 3.24. The molecule has 1 fully saturated rings. The van der Waals surface area contributed by atoms with E-state index in [9.17, 15) is 9.59 Å². The Morgan fingerprint density at radius 2 is 2.09 bits per heavy atom. The highest BCUT2D eigenvalue weighted by Gasteiger charge is 2.20. The smallest absolute Gasteiger partial charge is 0.246 e. The molecule has 7 heteroatoms. The number of halogens is 1. The molecule has 1 saturated heterocycles. The fraction of sp³-hybridized carbons (Fsp3) is 0.467. The van der Waals surface area contributed by atoms with Crippen LogP contribution in [0, 0.1) is 0 Å². The second-order valence-electron chi connectivity index (χ2n) is 5.07. The van der Waals surface area contributed by atoms with E-state index in [0.717, 1.165) is 23.7 Å². The van der Waals surface area contributed by atoms with Crippen LogP contribution in [-0.4, -0.2) is 41.9 Å². The van der Waals surface area contributed by atoms with Crippen molar-refractivity contribution in [3.05, 3.63) is 30.3 Å². The first-order valence-corrected chi connectivity index (χ1v) is 8.27. The Morgan fingerprint density at radius 3 is 2.73 bits per heavy atom. The van der Waals surface area contributed by atoms with E-state index in [0.29, 0.717) is 6.42 Å². The van der Waals surface area contributed by atoms with Gasteiger partial charge in [-0.05, 0) is 19.1 Å². The van der Waals surface area contributed by atoms with Gasteiger partial charge in [0.15, 0.2) is 0 Å². The van der Waals surface area contributed by atoms with Crippen molar-refractivity contribution in [3.8, 4) is 0 Å². The van der Waals surface area contributed by atoms with Gasteiger partial charge in [0.25, 0.3) is 0 Å². The van der Waals surface area contributed by atoms with E-state index < -0.39 is 6.04 Å². The summed E-state index contributed by atoms with van der Waals surface area (Å²) in [5.74, 6) is 1.73. The maximum atomic E-state index is 12.0. The molecule has 1 heterocycles. The minimum Gasteiger partial charge on any atom is -0.345 e. The SMILES string of the molecule is CC(NC(=O)CC1CSCCN1)C(=O)Nc1ccccc1.Cl. The number of carbonyl (C=O) groups excluding carboxylic acids is 2. The summed E-state index contributed by atoms with van der Waals surface area (Å²) in [7, 11) is 0. The molecule has 0 aromatic heterocycles. The molecule has 0 radical (unpaired) electrons. The molecule has 3 N–H and O–H groups in total. The van der Waals surface area contributed by atoms with E-state index >= 15 is 0 Å². The molecular formula is C15H22ClN3O2S. The second kappa shape index (κ2) is 9.71. The van der Waals surface area contributed by atoms with E-state index in [1.807, 2.05) is 42.1 Å². The zero-order chi connectivity index (χ0) is 15.1. The molecule has 2 unspecified atom stereocenters. The predicted octanol–water partition coefficient (Wildman–Crippen LogP) is 1.65. The van der Waals surface area contributed by atoms with Crippen molar-refractivity contribution in [2.45, 2.75) is 25.4 Å². The molecule has 2 rings (SSSR count). The Bertz CT molecular complexity index is 481. The number of carbonyl (C=O) groups is 2. The monoisotopic (exact) mass is 343 g/mol. The zero-order valence-electron chi connectivity index (χ0n) is 12.5. The van der Waals surface area contributed by atoms with Crippen LogP contribution in [0.1, 0.15) is 13.3 Å². The molecular weight excluding hydrogens is 322 g/mol. The number of para-hydroxylation sites is 1. The third-order valence-corrected chi connectivity index (χ3v) is 4.37. The van der Waals surface area contributed by atoms with Gasteiger partial charge in [-0.15, -0.1) is 12.4 Å². The van der Waals surface area contributed by atoms with Gasteiger partial charge in [-0.1, -0.05) is 18.2 Å². The van der Waals surface area contributed by atoms with E-state index in [4.69, 9.17) is 0 Å². The van der Waals surface area contributed by atoms with Crippen molar-refractivity contribution in [2.24, 2.45) is 0 Å². The van der Waals surface area contributed by atoms with E-state index in [1.54, 1.807) is 6.92 Å². The second-order valence-corrected chi connectivity index (χ2v) is 6.22. The predicted molar refractivity (Wildman–Crippen MR) is 93.7 cm³/mol. The summed E-state index contributed by atoms with van der Waals surface area (Å²) < 4.78 is 0. The first kappa shape index (κ1) is 18.8. The quantitative estimate of drug-likeness (QED) is 0.760. The lowest BCUT2D eigenvalue weighted by atomic mass is 10.2. The van der Waals surface area contributed by atoms with Crippen LogP contribution in [0.5, 0.6) is 0 Å². The number of anilines is 1. The van der Waals surface area contributed by atoms with Crippen molar-refractivity contribution >= 4 is 41.7 Å². The van der Waals surface area contributed by atoms with Crippen LogP contribution < -0.4 is 16.0 Å². The third kappa shape index (κ3) is 6.25. The van der Waals surface area contributed by atoms with Crippen LogP contribution in [0.15, 0.2) is 30.3 Å². The topological polar surface area (TPSA) is 70.2 Å². The van der Waals surface area contributed by atoms with Crippen LogP contribution in [-0.2, 0) is 9.59 Å². The summed E-state index contributed by atoms with van der Waals surface area (Å²) >= 11 is 1.85. The van der Waals surface area contributed by atoms with Crippen molar-refractivity contribution in [1.82, 2.24) is 10.6 Å². The number of hydrogen-bond donors (Lipinski definition) is 3. The molecule has 0 saturated carbocycles. The van der Waals surface area contributed by atoms with Crippen molar-refractivity contribution < 1.29 is 9.59 Å². The minimum absolute atomic E-state index is 0. The molecule has 1 aromatic carbocycles. The molecule has 0 bridgehead atoms. The highest BCUT2D eigenvalue weighted by Crippen LogP contribution is 2.10. The largest absolute Gasteiger partial charge is 0.345 e. The number of rotatable bonds is 5. The van der Waals surface area contributed by atoms with Gasteiger partial charge < -0.3 is 16.0 Å². The average molecular weight is 344 g/mol. The molecule has 2 atom stereocenters. The van der Waals surface area contributed by atoms with Gasteiger partial charge in [-0.25, -0.2) is 0 Å². The van der Waals surface area contributed by atoms with Gasteiger partial charge in [0, 0.05) is 36.2 Å². The molecule has 1 aliphatic rings. The number of hydrogen-bond acceptors (Lipinski definition) is 4. The Hall–Kier alpha value is -1.24. The molecule has 1 aliphatic heterocycles. The number of thioether (sulfide) groups is 1. The van der Waals surface area contributed by atoms with Crippen LogP contribution in [0.3, 0.4) is 0 Å². The zero-order valence-corrected chi connectivity index (χ0v) is 14.1. The van der Waals surface area contributed by atoms with Gasteiger partial charge >= 0.3 is 0 Å². The summed E-state index contributed by atoms with van der Waals surface area (Å²) in [6, 6.07) is 8.87. The van der Waals surface area contributed by atoms with Crippen molar-refractivity contribution in [1.29, 1.82) is 0 Å². The molecule has 122 valence electrons. The summed E-state index contributed by atoms with van der Waals surface area (Å²) in [6.45, 7) is 2.63. The molecule has 22 heavy (non-hydrogen) atoms. The summed E-state index contributed by atoms with van der Waals surface area (Å²) in [5.41, 5.74) is 0.731. The van der Waals surface area contributed by atoms with Gasteiger partial charge in [0.1, 0.15) is 6.04 Å². The van der Waals surface area contributed by atoms with Crippen LogP contribution >= 0.6 is 24.2 Å². The van der Waals surface area contributed by atoms with Crippen molar-refractivity contribution in [3.63, 3.8) is 0 Å². The Balaban J connectivity index is 0.00000242.